The lowest BCUT2D eigenvalue weighted by atomic mass is 10.1. The summed E-state index contributed by atoms with van der Waals surface area (Å²) in [5.41, 5.74) is 2.95. The summed E-state index contributed by atoms with van der Waals surface area (Å²) in [6.07, 6.45) is 3.57. The molecule has 2 N–H and O–H groups in total. The second-order valence-electron chi connectivity index (χ2n) is 8.41. The summed E-state index contributed by atoms with van der Waals surface area (Å²) >= 11 is 0. The number of anilines is 4. The molecule has 0 bridgehead atoms. The van der Waals surface area contributed by atoms with Crippen LogP contribution in [0.15, 0.2) is 53.4 Å². The van der Waals surface area contributed by atoms with E-state index in [1.165, 1.54) is 6.42 Å². The van der Waals surface area contributed by atoms with Crippen molar-refractivity contribution < 1.29 is 13.2 Å². The van der Waals surface area contributed by atoms with Gasteiger partial charge in [-0.25, -0.2) is 13.4 Å². The van der Waals surface area contributed by atoms with Crippen molar-refractivity contribution in [3.8, 4) is 5.75 Å². The number of hydrogen-bond donors (Lipinski definition) is 2. The van der Waals surface area contributed by atoms with E-state index in [0.29, 0.717) is 23.9 Å². The first kappa shape index (κ1) is 23.8. The van der Waals surface area contributed by atoms with Gasteiger partial charge in [0.2, 0.25) is 5.95 Å². The summed E-state index contributed by atoms with van der Waals surface area (Å²) in [5.74, 6) is 2.14. The first-order chi connectivity index (χ1) is 16.3. The standard InChI is InChI=1S/C25H31N5O3S/c1-4-33-23-13-12-22(16-18(23)2)34(31,32)29-21-10-8-20(9-11-21)27-24-17-19(3)26-25(28-24)30-14-6-5-7-15-30/h8-13,16-17,29H,4-7,14-15H2,1-3H3,(H,26,27,28). The van der Waals surface area contributed by atoms with Crippen molar-refractivity contribution in [2.45, 2.75) is 44.9 Å². The van der Waals surface area contributed by atoms with Crippen LogP contribution in [0.25, 0.3) is 0 Å². The molecular weight excluding hydrogens is 450 g/mol. The van der Waals surface area contributed by atoms with Gasteiger partial charge in [-0.05, 0) is 88.1 Å². The monoisotopic (exact) mass is 481 g/mol. The third-order valence-electron chi connectivity index (χ3n) is 5.65. The van der Waals surface area contributed by atoms with Crippen LogP contribution in [-0.2, 0) is 10.0 Å². The summed E-state index contributed by atoms with van der Waals surface area (Å²) in [6, 6.07) is 13.8. The molecule has 0 amide bonds. The highest BCUT2D eigenvalue weighted by Crippen LogP contribution is 2.25. The van der Waals surface area contributed by atoms with Crippen molar-refractivity contribution in [3.63, 3.8) is 0 Å². The Labute approximate surface area is 201 Å². The molecule has 2 aromatic carbocycles. The average Bonchev–Trinajstić information content (AvgIpc) is 2.82. The lowest BCUT2D eigenvalue weighted by Crippen LogP contribution is -2.31. The predicted molar refractivity (Wildman–Crippen MR) is 136 cm³/mol. The predicted octanol–water partition coefficient (Wildman–Crippen LogP) is 5.03. The van der Waals surface area contributed by atoms with Gasteiger partial charge in [0, 0.05) is 36.2 Å². The topological polar surface area (TPSA) is 96.5 Å². The number of hydrogen-bond acceptors (Lipinski definition) is 7. The zero-order valence-electron chi connectivity index (χ0n) is 19.8. The highest BCUT2D eigenvalue weighted by atomic mass is 32.2. The van der Waals surface area contributed by atoms with Crippen LogP contribution in [0.1, 0.15) is 37.4 Å². The van der Waals surface area contributed by atoms with E-state index in [1.807, 2.05) is 39.0 Å². The summed E-state index contributed by atoms with van der Waals surface area (Å²) in [7, 11) is -3.72. The highest BCUT2D eigenvalue weighted by molar-refractivity contribution is 7.92. The van der Waals surface area contributed by atoms with E-state index in [-0.39, 0.29) is 4.90 Å². The molecular formula is C25H31N5O3S. The van der Waals surface area contributed by atoms with Crippen LogP contribution < -0.4 is 19.7 Å². The van der Waals surface area contributed by atoms with Gasteiger partial charge in [-0.1, -0.05) is 0 Å². The molecule has 0 radical (unpaired) electrons. The number of sulfonamides is 1. The molecule has 34 heavy (non-hydrogen) atoms. The Kier molecular flexibility index (Phi) is 7.21. The molecule has 1 aromatic heterocycles. The molecule has 180 valence electrons. The van der Waals surface area contributed by atoms with Crippen molar-refractivity contribution in [1.29, 1.82) is 0 Å². The molecule has 9 heteroatoms. The zero-order valence-corrected chi connectivity index (χ0v) is 20.7. The third kappa shape index (κ3) is 5.77. The largest absolute Gasteiger partial charge is 0.494 e. The lowest BCUT2D eigenvalue weighted by Gasteiger charge is -2.27. The maximum atomic E-state index is 12.8. The summed E-state index contributed by atoms with van der Waals surface area (Å²) < 4.78 is 33.8. The van der Waals surface area contributed by atoms with Gasteiger partial charge in [-0.3, -0.25) is 4.72 Å². The fraction of sp³-hybridized carbons (Fsp3) is 0.360. The maximum absolute atomic E-state index is 12.8. The first-order valence-corrected chi connectivity index (χ1v) is 13.1. The van der Waals surface area contributed by atoms with Gasteiger partial charge >= 0.3 is 0 Å². The lowest BCUT2D eigenvalue weighted by molar-refractivity contribution is 0.337. The maximum Gasteiger partial charge on any atom is 0.261 e. The van der Waals surface area contributed by atoms with Crippen LogP contribution in [0.2, 0.25) is 0 Å². The van der Waals surface area contributed by atoms with Crippen LogP contribution in [0.3, 0.4) is 0 Å². The molecule has 2 heterocycles. The number of nitrogens with zero attached hydrogens (tertiary/aromatic N) is 3. The molecule has 1 saturated heterocycles. The number of ether oxygens (including phenoxy) is 1. The van der Waals surface area contributed by atoms with Crippen LogP contribution in [0, 0.1) is 13.8 Å². The van der Waals surface area contributed by atoms with Gasteiger partial charge in [0.15, 0.2) is 0 Å². The Hall–Kier alpha value is -3.33. The normalized spacial score (nSPS) is 14.0. The molecule has 3 aromatic rings. The van der Waals surface area contributed by atoms with Gasteiger partial charge in [-0.15, -0.1) is 0 Å². The number of aryl methyl sites for hydroxylation is 2. The average molecular weight is 482 g/mol. The Morgan fingerprint density at radius 1 is 0.941 bits per heavy atom. The molecule has 1 aliphatic rings. The molecule has 1 fully saturated rings. The minimum Gasteiger partial charge on any atom is -0.494 e. The van der Waals surface area contributed by atoms with Gasteiger partial charge in [0.25, 0.3) is 10.0 Å². The van der Waals surface area contributed by atoms with Crippen molar-refractivity contribution >= 4 is 33.2 Å². The smallest absolute Gasteiger partial charge is 0.261 e. The molecule has 0 aliphatic carbocycles. The molecule has 4 rings (SSSR count). The number of benzene rings is 2. The van der Waals surface area contributed by atoms with Crippen LogP contribution in [0.4, 0.5) is 23.1 Å². The number of piperidine rings is 1. The quantitative estimate of drug-likeness (QED) is 0.466. The van der Waals surface area contributed by atoms with Crippen molar-refractivity contribution in [2.24, 2.45) is 0 Å². The van der Waals surface area contributed by atoms with Crippen molar-refractivity contribution in [3.05, 3.63) is 59.8 Å². The van der Waals surface area contributed by atoms with E-state index >= 15 is 0 Å². The van der Waals surface area contributed by atoms with E-state index < -0.39 is 10.0 Å². The van der Waals surface area contributed by atoms with E-state index in [4.69, 9.17) is 4.74 Å². The van der Waals surface area contributed by atoms with Gasteiger partial charge in [0.1, 0.15) is 11.6 Å². The van der Waals surface area contributed by atoms with E-state index in [1.54, 1.807) is 30.3 Å². The SMILES string of the molecule is CCOc1ccc(S(=O)(=O)Nc2ccc(Nc3cc(C)nc(N4CCCCC4)n3)cc2)cc1C. The second-order valence-corrected chi connectivity index (χ2v) is 10.1. The van der Waals surface area contributed by atoms with Gasteiger partial charge in [-0.2, -0.15) is 4.98 Å². The Morgan fingerprint density at radius 2 is 1.65 bits per heavy atom. The van der Waals surface area contributed by atoms with E-state index in [9.17, 15) is 8.42 Å². The summed E-state index contributed by atoms with van der Waals surface area (Å²) in [5, 5.41) is 3.30. The number of aromatic nitrogens is 2. The Balaban J connectivity index is 1.45. The molecule has 0 unspecified atom stereocenters. The Morgan fingerprint density at radius 3 is 2.32 bits per heavy atom. The van der Waals surface area contributed by atoms with Gasteiger partial charge < -0.3 is 15.0 Å². The summed E-state index contributed by atoms with van der Waals surface area (Å²) in [4.78, 5) is 11.7. The van der Waals surface area contributed by atoms with Crippen molar-refractivity contribution in [1.82, 2.24) is 9.97 Å². The Bertz CT molecular complexity index is 1240. The fourth-order valence-electron chi connectivity index (χ4n) is 3.94. The molecule has 0 saturated carbocycles. The number of nitrogens with one attached hydrogen (secondary N) is 2. The third-order valence-corrected chi connectivity index (χ3v) is 7.03. The molecule has 0 atom stereocenters. The molecule has 1 aliphatic heterocycles. The van der Waals surface area contributed by atoms with Gasteiger partial charge in [0.05, 0.1) is 11.5 Å². The van der Waals surface area contributed by atoms with Crippen LogP contribution >= 0.6 is 0 Å². The zero-order chi connectivity index (χ0) is 24.1. The summed E-state index contributed by atoms with van der Waals surface area (Å²) in [6.45, 7) is 8.16. The van der Waals surface area contributed by atoms with Crippen LogP contribution in [0.5, 0.6) is 5.75 Å². The second kappa shape index (κ2) is 10.3. The first-order valence-electron chi connectivity index (χ1n) is 11.6. The fourth-order valence-corrected chi connectivity index (χ4v) is 5.09. The van der Waals surface area contributed by atoms with Crippen molar-refractivity contribution in [2.75, 3.05) is 34.6 Å². The van der Waals surface area contributed by atoms with E-state index in [2.05, 4.69) is 24.9 Å². The van der Waals surface area contributed by atoms with Crippen LogP contribution in [-0.4, -0.2) is 38.1 Å². The molecule has 8 nitrogen and oxygen atoms in total. The number of rotatable bonds is 8. The highest BCUT2D eigenvalue weighted by Gasteiger charge is 2.17. The minimum atomic E-state index is -3.72. The molecule has 0 spiro atoms. The van der Waals surface area contributed by atoms with E-state index in [0.717, 1.165) is 48.8 Å². The minimum absolute atomic E-state index is 0.192.